The molecule has 35 heteroatoms. The summed E-state index contributed by atoms with van der Waals surface area (Å²) >= 11 is 2.07. The molecule has 21 N–H and O–H groups in total. The van der Waals surface area contributed by atoms with Crippen LogP contribution in [0.15, 0.2) is 160 Å². The van der Waals surface area contributed by atoms with Crippen LogP contribution in [-0.2, 0) is 69.0 Å². The lowest BCUT2D eigenvalue weighted by atomic mass is 9.57. The quantitative estimate of drug-likeness (QED) is 0.0303. The number of carbonyl (C=O) groups excluding carboxylic acids is 11. The molecule has 9 aliphatic rings. The first-order valence-electron chi connectivity index (χ1n) is 39.9. The Labute approximate surface area is 731 Å². The highest BCUT2D eigenvalue weighted by molar-refractivity contribution is 14.1. The first-order valence-corrected chi connectivity index (χ1v) is 40.9. The number of likely N-dealkylation sites (N-methyl/N-ethyl adjacent to an activating group) is 3. The SMILES string of the molecule is CCN(C)Cc1cccc(-c2ccc(O)c3c2C[C@H]2C[C@H]4[C@H](N(C)C)C(=O)C(C(N)=O)=C(O)[C@@]4(O)C(=O)C2=C3O)c1.CCNC.CN(C)[C@@H]1C(=O)C(C(N)=O)=C(O)[C@@]2(O)C(=O)C3=C(O)c4c(O)ccc(-c5cccc(C=O)c5)c4C[C@H]3C[C@@H]12.CN(C)[C@@H]1C(=O)C(C(N)=O)=C(O)[C@@]2(O)C(=O)C3=C(O)c4c(O)ccc(I)c4C[C@H]3C[C@@H]12.O=Cc1cccc(B(O)O)c1. The number of nitrogens with one attached hydrogen (secondary N) is 1. The normalized spacial score (nSPS) is 25.2. The van der Waals surface area contributed by atoms with Crippen molar-refractivity contribution in [2.45, 2.75) is 93.8 Å². The fourth-order valence-corrected chi connectivity index (χ4v) is 19.7. The van der Waals surface area contributed by atoms with Crippen LogP contribution in [0.3, 0.4) is 0 Å². The van der Waals surface area contributed by atoms with Gasteiger partial charge >= 0.3 is 7.12 Å². The van der Waals surface area contributed by atoms with Crippen LogP contribution >= 0.6 is 22.6 Å². The van der Waals surface area contributed by atoms with Crippen molar-refractivity contribution in [3.63, 3.8) is 0 Å². The number of Topliss-reactive ketones (excluding diaryl/α,β-unsaturated/α-hetero) is 6. The largest absolute Gasteiger partial charge is 0.508 e. The minimum absolute atomic E-state index is 0.00436. The van der Waals surface area contributed by atoms with Crippen LogP contribution in [0.5, 0.6) is 17.2 Å². The van der Waals surface area contributed by atoms with Crippen molar-refractivity contribution in [3.8, 4) is 39.5 Å². The second-order valence-electron chi connectivity index (χ2n) is 32.9. The number of phenols is 3. The van der Waals surface area contributed by atoms with Gasteiger partial charge in [-0.15, -0.1) is 0 Å². The van der Waals surface area contributed by atoms with Gasteiger partial charge in [-0.1, -0.05) is 86.6 Å². The summed E-state index contributed by atoms with van der Waals surface area (Å²) in [7, 11) is 11.8. The number of benzene rings is 6. The summed E-state index contributed by atoms with van der Waals surface area (Å²) in [6.07, 6.45) is 2.16. The summed E-state index contributed by atoms with van der Waals surface area (Å²) in [5.74, 6) is -20.1. The number of aliphatic hydroxyl groups excluding tert-OH is 6. The summed E-state index contributed by atoms with van der Waals surface area (Å²) in [6.45, 7) is 6.83. The zero-order valence-corrected chi connectivity index (χ0v) is 72.0. The number of aliphatic hydroxyl groups is 9. The molecule has 6 aromatic carbocycles. The van der Waals surface area contributed by atoms with E-state index in [0.717, 1.165) is 39.9 Å². The number of aldehydes is 2. The molecule has 0 saturated heterocycles. The molecule has 125 heavy (non-hydrogen) atoms. The molecule has 0 aliphatic heterocycles. The van der Waals surface area contributed by atoms with Crippen molar-refractivity contribution < 1.29 is 124 Å². The Bertz CT molecular complexity index is 5750. The van der Waals surface area contributed by atoms with Gasteiger partial charge in [-0.3, -0.25) is 67.4 Å². The first kappa shape index (κ1) is 93.8. The molecular formula is C90H98BIN8O25. The number of ketones is 6. The number of nitrogens with two attached hydrogens (primary N) is 3. The number of carbonyl (C=O) groups is 11. The Morgan fingerprint density at radius 2 is 0.808 bits per heavy atom. The number of hydrogen-bond acceptors (Lipinski definition) is 30. The van der Waals surface area contributed by atoms with Crippen LogP contribution in [0.4, 0.5) is 0 Å². The topological polar surface area (TPSA) is 574 Å². The van der Waals surface area contributed by atoms with E-state index in [2.05, 4.69) is 52.7 Å². The van der Waals surface area contributed by atoms with Crippen molar-refractivity contribution in [2.24, 2.45) is 52.7 Å². The number of rotatable bonds is 15. The molecule has 0 radical (unpaired) electrons. The molecule has 6 aromatic rings. The van der Waals surface area contributed by atoms with E-state index in [1.165, 1.54) is 45.0 Å². The predicted molar refractivity (Wildman–Crippen MR) is 465 cm³/mol. The molecule has 0 heterocycles. The molecule has 0 spiro atoms. The van der Waals surface area contributed by atoms with E-state index in [4.69, 9.17) is 27.2 Å². The minimum Gasteiger partial charge on any atom is -0.508 e. The second-order valence-corrected chi connectivity index (χ2v) is 34.1. The molecule has 0 aromatic heterocycles. The van der Waals surface area contributed by atoms with E-state index in [1.54, 1.807) is 96.9 Å². The molecule has 3 saturated carbocycles. The maximum absolute atomic E-state index is 14.0. The number of nitrogens with zero attached hydrogens (tertiary/aromatic N) is 4. The van der Waals surface area contributed by atoms with Gasteiger partial charge in [-0.05, 0) is 235 Å². The number of fused-ring (bicyclic) bond motifs is 9. The monoisotopic (exact) mass is 1830 g/mol. The van der Waals surface area contributed by atoms with Crippen molar-refractivity contribution in [2.75, 3.05) is 69.5 Å². The third-order valence-electron chi connectivity index (χ3n) is 25.0. The number of amides is 3. The van der Waals surface area contributed by atoms with Crippen molar-refractivity contribution in [1.29, 1.82) is 0 Å². The molecule has 0 bridgehead atoms. The van der Waals surface area contributed by atoms with Gasteiger partial charge in [0.1, 0.15) is 81.1 Å². The van der Waals surface area contributed by atoms with Crippen LogP contribution in [-0.4, -0.2) is 267 Å². The van der Waals surface area contributed by atoms with Gasteiger partial charge in [-0.25, -0.2) is 0 Å². The van der Waals surface area contributed by atoms with E-state index >= 15 is 0 Å². The van der Waals surface area contributed by atoms with Crippen molar-refractivity contribution >= 4 is 117 Å². The van der Waals surface area contributed by atoms with E-state index in [1.807, 2.05) is 32.3 Å². The van der Waals surface area contributed by atoms with Crippen LogP contribution in [0.2, 0.25) is 0 Å². The number of primary amides is 3. The minimum atomic E-state index is -2.68. The zero-order chi connectivity index (χ0) is 92.3. The van der Waals surface area contributed by atoms with Crippen molar-refractivity contribution in [1.82, 2.24) is 24.9 Å². The highest BCUT2D eigenvalue weighted by Crippen LogP contribution is 2.58. The Balaban J connectivity index is 0.000000169. The Kier molecular flexibility index (Phi) is 27.3. The van der Waals surface area contributed by atoms with Crippen LogP contribution in [0.1, 0.15) is 92.8 Å². The fourth-order valence-electron chi connectivity index (χ4n) is 19.1. The average molecular weight is 1830 g/mol. The molecule has 33 nitrogen and oxygen atoms in total. The molecule has 3 amide bonds. The highest BCUT2D eigenvalue weighted by atomic mass is 127. The van der Waals surface area contributed by atoms with Gasteiger partial charge in [-0.2, -0.15) is 0 Å². The molecule has 658 valence electrons. The standard InChI is InChI=1S/C31H35N3O7.C28H26N2O8.C21H21IN2O7.C7H7BO3.C3H9N/c1-5-34(4)14-15-7-6-8-16(11-15)18-9-10-21(35)23-19(18)12-17-13-20-25(33(2)3)27(37)24(30(32)40)29(39)31(20,41)28(38)22(17)26(23)36;1-30(2)22-17-10-14-9-16-15(13-5-3-4-12(8-13)11-31)6-7-18(32)20(16)23(33)19(14)25(35)28(17,38)26(36)21(24(22)34)27(29)37;1-24(2)15-9-6-7-5-8-10(22)3-4-11(25)13(8)16(26)12(7)18(28)21(9,31)19(29)14(17(15)27)20(23)30;9-5-6-2-1-3-7(4-6)8(10)11;1-3-4-2/h6-11,17,20,25,35-36,39,41H,5,12-14H2,1-4H3,(H2,32,40);3-8,11,14,17,22,32-33,36,38H,9-10H2,1-2H3,(H2,29,37);3-4,7,9,15,25-26,29,31H,5-6H2,1-2H3,(H2,23,30);1-5,10-11H;4H,3H2,1-2H3/t17-,20-,25-,31-;14-,17-,22-,28-;7-,9-,15-,21-;;/m000../s1. The van der Waals surface area contributed by atoms with Gasteiger partial charge in [0.15, 0.2) is 34.2 Å². The number of halogens is 1. The lowest BCUT2D eigenvalue weighted by Gasteiger charge is -2.50. The van der Waals surface area contributed by atoms with Crippen LogP contribution in [0.25, 0.3) is 39.5 Å². The van der Waals surface area contributed by atoms with Crippen LogP contribution in [0, 0.1) is 39.1 Å². The van der Waals surface area contributed by atoms with Gasteiger partial charge in [0.05, 0.1) is 34.8 Å². The first-order chi connectivity index (χ1) is 58.8. The molecule has 12 atom stereocenters. The number of phenolic OH excluding ortho intramolecular Hbond substituents is 3. The Morgan fingerprint density at radius 1 is 0.480 bits per heavy atom. The average Bonchev–Trinajstić information content (AvgIpc) is 0.707. The summed E-state index contributed by atoms with van der Waals surface area (Å²) in [4.78, 5) is 145. The Morgan fingerprint density at radius 3 is 1.14 bits per heavy atom. The second kappa shape index (κ2) is 36.4. The van der Waals surface area contributed by atoms with E-state index in [9.17, 15) is 114 Å². The lowest BCUT2D eigenvalue weighted by Crippen LogP contribution is -2.65. The predicted octanol–water partition coefficient (Wildman–Crippen LogP) is 3.50. The molecule has 9 aliphatic carbocycles. The summed E-state index contributed by atoms with van der Waals surface area (Å²) in [5.41, 5.74) is 12.2. The van der Waals surface area contributed by atoms with Gasteiger partial charge in [0.25, 0.3) is 17.7 Å². The summed E-state index contributed by atoms with van der Waals surface area (Å²) in [5, 5.41) is 153. The summed E-state index contributed by atoms with van der Waals surface area (Å²) in [6, 6.07) is 26.9. The number of aromatic hydroxyl groups is 3. The molecule has 15 rings (SSSR count). The lowest BCUT2D eigenvalue weighted by molar-refractivity contribution is -0.155. The van der Waals surface area contributed by atoms with Gasteiger partial charge < -0.3 is 98.7 Å². The number of hydrogen-bond donors (Lipinski definition) is 18. The maximum atomic E-state index is 14.0. The smallest absolute Gasteiger partial charge is 0.488 e. The maximum Gasteiger partial charge on any atom is 0.488 e. The van der Waals surface area contributed by atoms with Crippen LogP contribution < -0.4 is 28.0 Å². The van der Waals surface area contributed by atoms with E-state index in [0.29, 0.717) is 63.4 Å². The summed E-state index contributed by atoms with van der Waals surface area (Å²) < 4.78 is 0.784. The molecular weight excluding hydrogens is 1730 g/mol. The molecule has 3 fully saturated rings. The molecule has 0 unspecified atom stereocenters. The van der Waals surface area contributed by atoms with E-state index < -0.39 is 181 Å². The van der Waals surface area contributed by atoms with Crippen molar-refractivity contribution in [3.05, 3.63) is 214 Å². The van der Waals surface area contributed by atoms with Gasteiger partial charge in [0.2, 0.25) is 17.3 Å². The highest BCUT2D eigenvalue weighted by Gasteiger charge is 2.68. The zero-order valence-electron chi connectivity index (χ0n) is 69.8. The Hall–Kier alpha value is -11.9. The van der Waals surface area contributed by atoms with E-state index in [-0.39, 0.29) is 82.8 Å². The van der Waals surface area contributed by atoms with Gasteiger partial charge in [0, 0.05) is 55.7 Å². The third kappa shape index (κ3) is 16.2. The third-order valence-corrected chi connectivity index (χ3v) is 26.0. The fraction of sp³-hybridized carbons (Fsp3) is 0.344.